The standard InChI is InChI=1S/C61H113NO5/c1-3-5-7-9-11-13-15-17-19-21-23-25-27-31-35-39-43-47-51-55-61(66)67-56-52-48-44-40-36-32-28-30-34-38-42-46-50-54-60(65)62-58(57-63)59(64)53-49-45-41-37-33-29-26-24-22-20-18-16-14-12-10-8-6-4-2/h11,13,17,19,30,34,49,53,58-59,63-64H,3-10,12,14-16,18,20-29,31-33,35-48,50-52,54-57H2,1-2H3,(H,62,65)/b13-11-,19-17-,34-30-,53-49+. The van der Waals surface area contributed by atoms with Crippen LogP contribution in [0.5, 0.6) is 0 Å². The number of aliphatic hydroxyl groups is 2. The van der Waals surface area contributed by atoms with Crippen molar-refractivity contribution in [1.29, 1.82) is 0 Å². The highest BCUT2D eigenvalue weighted by Gasteiger charge is 2.18. The Morgan fingerprint density at radius 3 is 1.19 bits per heavy atom. The molecule has 0 fully saturated rings. The van der Waals surface area contributed by atoms with Gasteiger partial charge in [0.1, 0.15) is 0 Å². The first-order chi connectivity index (χ1) is 33.0. The Kier molecular flexibility index (Phi) is 54.6. The number of ether oxygens (including phenoxy) is 1. The van der Waals surface area contributed by atoms with Gasteiger partial charge in [-0.25, -0.2) is 0 Å². The number of unbranched alkanes of at least 4 members (excludes halogenated alkanes) is 37. The molecule has 0 aromatic rings. The number of carbonyl (C=O) groups is 2. The molecule has 0 aliphatic rings. The zero-order valence-corrected chi connectivity index (χ0v) is 44.6. The summed E-state index contributed by atoms with van der Waals surface area (Å²) < 4.78 is 5.47. The zero-order valence-electron chi connectivity index (χ0n) is 44.6. The van der Waals surface area contributed by atoms with E-state index in [0.29, 0.717) is 19.4 Å². The molecule has 0 heterocycles. The first kappa shape index (κ1) is 64.8. The van der Waals surface area contributed by atoms with E-state index in [1.54, 1.807) is 6.08 Å². The monoisotopic (exact) mass is 940 g/mol. The maximum atomic E-state index is 12.5. The second-order valence-corrected chi connectivity index (χ2v) is 20.0. The highest BCUT2D eigenvalue weighted by molar-refractivity contribution is 5.76. The van der Waals surface area contributed by atoms with Crippen LogP contribution in [-0.2, 0) is 14.3 Å². The molecule has 0 aliphatic heterocycles. The van der Waals surface area contributed by atoms with E-state index in [0.717, 1.165) is 77.0 Å². The lowest BCUT2D eigenvalue weighted by Crippen LogP contribution is -2.45. The lowest BCUT2D eigenvalue weighted by molar-refractivity contribution is -0.143. The molecule has 67 heavy (non-hydrogen) atoms. The second-order valence-electron chi connectivity index (χ2n) is 20.0. The molecule has 2 unspecified atom stereocenters. The van der Waals surface area contributed by atoms with Crippen molar-refractivity contribution >= 4 is 11.9 Å². The largest absolute Gasteiger partial charge is 0.466 e. The molecule has 3 N–H and O–H groups in total. The molecule has 392 valence electrons. The Bertz CT molecular complexity index is 1130. The van der Waals surface area contributed by atoms with Crippen molar-refractivity contribution in [3.8, 4) is 0 Å². The van der Waals surface area contributed by atoms with Crippen LogP contribution in [-0.4, -0.2) is 47.4 Å². The van der Waals surface area contributed by atoms with Crippen molar-refractivity contribution < 1.29 is 24.5 Å². The summed E-state index contributed by atoms with van der Waals surface area (Å²) in [7, 11) is 0. The molecular weight excluding hydrogens is 827 g/mol. The van der Waals surface area contributed by atoms with Crippen LogP contribution in [0.4, 0.5) is 0 Å². The number of nitrogens with one attached hydrogen (secondary N) is 1. The normalized spacial score (nSPS) is 13.0. The fraction of sp³-hybridized carbons (Fsp3) is 0.836. The van der Waals surface area contributed by atoms with Crippen LogP contribution in [0.25, 0.3) is 0 Å². The van der Waals surface area contributed by atoms with Crippen molar-refractivity contribution in [1.82, 2.24) is 5.32 Å². The zero-order chi connectivity index (χ0) is 48.6. The fourth-order valence-corrected chi connectivity index (χ4v) is 8.78. The van der Waals surface area contributed by atoms with Crippen molar-refractivity contribution in [2.24, 2.45) is 0 Å². The Hall–Kier alpha value is -2.18. The van der Waals surface area contributed by atoms with E-state index >= 15 is 0 Å². The maximum absolute atomic E-state index is 12.5. The minimum Gasteiger partial charge on any atom is -0.466 e. The van der Waals surface area contributed by atoms with Gasteiger partial charge in [0.15, 0.2) is 0 Å². The molecule has 0 saturated heterocycles. The number of aliphatic hydroxyl groups excluding tert-OH is 2. The fourth-order valence-electron chi connectivity index (χ4n) is 8.78. The third kappa shape index (κ3) is 53.0. The molecule has 0 aromatic heterocycles. The first-order valence-corrected chi connectivity index (χ1v) is 29.4. The van der Waals surface area contributed by atoms with Crippen molar-refractivity contribution in [3.63, 3.8) is 0 Å². The molecule has 0 aromatic carbocycles. The summed E-state index contributed by atoms with van der Waals surface area (Å²) in [5.74, 6) is -0.115. The van der Waals surface area contributed by atoms with Gasteiger partial charge in [-0.3, -0.25) is 9.59 Å². The van der Waals surface area contributed by atoms with Gasteiger partial charge in [-0.2, -0.15) is 0 Å². The molecule has 2 atom stereocenters. The minimum absolute atomic E-state index is 0.0180. The summed E-state index contributed by atoms with van der Waals surface area (Å²) in [5, 5.41) is 23.1. The van der Waals surface area contributed by atoms with Crippen LogP contribution in [0, 0.1) is 0 Å². The molecule has 6 nitrogen and oxygen atoms in total. The Morgan fingerprint density at radius 1 is 0.418 bits per heavy atom. The van der Waals surface area contributed by atoms with E-state index in [9.17, 15) is 19.8 Å². The van der Waals surface area contributed by atoms with Gasteiger partial charge in [-0.1, -0.05) is 249 Å². The molecule has 1 amide bonds. The lowest BCUT2D eigenvalue weighted by Gasteiger charge is -2.19. The lowest BCUT2D eigenvalue weighted by atomic mass is 10.0. The summed E-state index contributed by atoms with van der Waals surface area (Å²) >= 11 is 0. The average molecular weight is 941 g/mol. The SMILES string of the molecule is CCCCC/C=C\C/C=C\CCCCCCCCCCCC(=O)OCCCCCCCC/C=C\CCCCCC(=O)NC(CO)C(O)/C=C/CCCCCCCCCCCCCCCCCC. The molecule has 0 rings (SSSR count). The second kappa shape index (κ2) is 56.4. The van der Waals surface area contributed by atoms with Gasteiger partial charge in [-0.15, -0.1) is 0 Å². The summed E-state index contributed by atoms with van der Waals surface area (Å²) in [5.41, 5.74) is 0. The molecular formula is C61H113NO5. The predicted octanol–water partition coefficient (Wildman–Crippen LogP) is 18.2. The number of hydrogen-bond acceptors (Lipinski definition) is 5. The van der Waals surface area contributed by atoms with Gasteiger partial charge in [0.2, 0.25) is 5.91 Å². The van der Waals surface area contributed by atoms with Gasteiger partial charge in [-0.05, 0) is 89.9 Å². The Labute approximate surface area is 416 Å². The molecule has 6 heteroatoms. The van der Waals surface area contributed by atoms with Crippen LogP contribution in [0.1, 0.15) is 303 Å². The van der Waals surface area contributed by atoms with E-state index < -0.39 is 12.1 Å². The number of rotatable bonds is 54. The molecule has 0 spiro atoms. The van der Waals surface area contributed by atoms with Crippen LogP contribution in [0.15, 0.2) is 48.6 Å². The summed E-state index contributed by atoms with van der Waals surface area (Å²) in [6.45, 7) is 4.84. The summed E-state index contributed by atoms with van der Waals surface area (Å²) in [6, 6.07) is -0.650. The van der Waals surface area contributed by atoms with Gasteiger partial charge in [0.05, 0.1) is 25.4 Å². The van der Waals surface area contributed by atoms with E-state index in [4.69, 9.17) is 4.74 Å². The maximum Gasteiger partial charge on any atom is 0.305 e. The van der Waals surface area contributed by atoms with Crippen molar-refractivity contribution in [3.05, 3.63) is 48.6 Å². The van der Waals surface area contributed by atoms with Gasteiger partial charge in [0, 0.05) is 12.8 Å². The topological polar surface area (TPSA) is 95.9 Å². The molecule has 0 aliphatic carbocycles. The van der Waals surface area contributed by atoms with Crippen LogP contribution in [0.3, 0.4) is 0 Å². The van der Waals surface area contributed by atoms with Crippen LogP contribution in [0.2, 0.25) is 0 Å². The highest BCUT2D eigenvalue weighted by atomic mass is 16.5. The average Bonchev–Trinajstić information content (AvgIpc) is 3.33. The van der Waals surface area contributed by atoms with Gasteiger partial charge < -0.3 is 20.3 Å². The van der Waals surface area contributed by atoms with Gasteiger partial charge >= 0.3 is 5.97 Å². The number of esters is 1. The van der Waals surface area contributed by atoms with E-state index in [1.807, 2.05) is 6.08 Å². The number of carbonyl (C=O) groups excluding carboxylic acids is 2. The number of hydrogen-bond donors (Lipinski definition) is 3. The third-order valence-electron chi connectivity index (χ3n) is 13.3. The summed E-state index contributed by atoms with van der Waals surface area (Å²) in [6.07, 6.45) is 71.3. The van der Waals surface area contributed by atoms with Crippen molar-refractivity contribution in [2.75, 3.05) is 13.2 Å². The van der Waals surface area contributed by atoms with E-state index in [-0.39, 0.29) is 18.5 Å². The quantitative estimate of drug-likeness (QED) is 0.0321. The Morgan fingerprint density at radius 2 is 0.746 bits per heavy atom. The molecule has 0 saturated carbocycles. The van der Waals surface area contributed by atoms with E-state index in [2.05, 4.69) is 55.6 Å². The minimum atomic E-state index is -0.863. The number of amides is 1. The predicted molar refractivity (Wildman–Crippen MR) is 292 cm³/mol. The Balaban J connectivity index is 3.52. The smallest absolute Gasteiger partial charge is 0.305 e. The summed E-state index contributed by atoms with van der Waals surface area (Å²) in [4.78, 5) is 24.5. The number of allylic oxidation sites excluding steroid dienone is 7. The third-order valence-corrected chi connectivity index (χ3v) is 13.3. The van der Waals surface area contributed by atoms with Crippen LogP contribution >= 0.6 is 0 Å². The molecule has 0 bridgehead atoms. The van der Waals surface area contributed by atoms with Gasteiger partial charge in [0.25, 0.3) is 0 Å². The van der Waals surface area contributed by atoms with E-state index in [1.165, 1.54) is 199 Å². The van der Waals surface area contributed by atoms with Crippen LogP contribution < -0.4 is 5.32 Å². The first-order valence-electron chi connectivity index (χ1n) is 29.4. The van der Waals surface area contributed by atoms with Crippen molar-refractivity contribution in [2.45, 2.75) is 315 Å². The molecule has 0 radical (unpaired) electrons. The highest BCUT2D eigenvalue weighted by Crippen LogP contribution is 2.16.